The maximum Gasteiger partial charge on any atom is 0.336 e. The fourth-order valence-electron chi connectivity index (χ4n) is 1.48. The van der Waals surface area contributed by atoms with Crippen LogP contribution in [0.15, 0.2) is 29.2 Å². The summed E-state index contributed by atoms with van der Waals surface area (Å²) in [5, 5.41) is 8.97. The third-order valence-electron chi connectivity index (χ3n) is 2.31. The van der Waals surface area contributed by atoms with Crippen LogP contribution in [0.1, 0.15) is 23.2 Å². The average molecular weight is 251 g/mol. The molecule has 0 saturated carbocycles. The van der Waals surface area contributed by atoms with Gasteiger partial charge in [0, 0.05) is 17.7 Å². The van der Waals surface area contributed by atoms with Crippen molar-refractivity contribution in [3.63, 3.8) is 0 Å². The SMILES string of the molecule is O=C(O)c1ccccc1SN1C(=O)CCC1=O. The van der Waals surface area contributed by atoms with Gasteiger partial charge in [0.05, 0.1) is 5.56 Å². The third kappa shape index (κ3) is 2.31. The highest BCUT2D eigenvalue weighted by Crippen LogP contribution is 2.30. The first kappa shape index (κ1) is 11.7. The first-order chi connectivity index (χ1) is 8.09. The van der Waals surface area contributed by atoms with E-state index in [1.54, 1.807) is 18.2 Å². The van der Waals surface area contributed by atoms with Crippen LogP contribution >= 0.6 is 11.9 Å². The first-order valence-corrected chi connectivity index (χ1v) is 5.73. The number of hydrogen-bond donors (Lipinski definition) is 1. The van der Waals surface area contributed by atoms with E-state index in [4.69, 9.17) is 5.11 Å². The minimum absolute atomic E-state index is 0.0880. The van der Waals surface area contributed by atoms with Crippen molar-refractivity contribution in [3.8, 4) is 0 Å². The van der Waals surface area contributed by atoms with Gasteiger partial charge in [-0.1, -0.05) is 12.1 Å². The van der Waals surface area contributed by atoms with Crippen LogP contribution in [0.2, 0.25) is 0 Å². The van der Waals surface area contributed by atoms with Gasteiger partial charge in [-0.25, -0.2) is 9.10 Å². The lowest BCUT2D eigenvalue weighted by molar-refractivity contribution is -0.131. The molecular formula is C11H9NO4S. The Labute approximate surface area is 102 Å². The van der Waals surface area contributed by atoms with Gasteiger partial charge in [-0.3, -0.25) is 9.59 Å². The molecule has 5 nitrogen and oxygen atoms in total. The molecule has 1 heterocycles. The van der Waals surface area contributed by atoms with Crippen molar-refractivity contribution in [1.29, 1.82) is 0 Å². The van der Waals surface area contributed by atoms with Gasteiger partial charge in [-0.2, -0.15) is 0 Å². The molecule has 0 radical (unpaired) electrons. The summed E-state index contributed by atoms with van der Waals surface area (Å²) in [5.74, 6) is -1.63. The number of carbonyl (C=O) groups is 3. The normalized spacial score (nSPS) is 15.4. The van der Waals surface area contributed by atoms with E-state index in [9.17, 15) is 14.4 Å². The second kappa shape index (κ2) is 4.58. The van der Waals surface area contributed by atoms with Crippen molar-refractivity contribution in [2.45, 2.75) is 17.7 Å². The number of rotatable bonds is 3. The molecule has 1 saturated heterocycles. The zero-order valence-corrected chi connectivity index (χ0v) is 9.57. The number of amides is 2. The molecule has 0 spiro atoms. The van der Waals surface area contributed by atoms with Gasteiger partial charge < -0.3 is 5.11 Å². The highest BCUT2D eigenvalue weighted by molar-refractivity contribution is 7.98. The number of carbonyl (C=O) groups excluding carboxylic acids is 2. The van der Waals surface area contributed by atoms with E-state index < -0.39 is 5.97 Å². The van der Waals surface area contributed by atoms with Gasteiger partial charge in [0.15, 0.2) is 0 Å². The van der Waals surface area contributed by atoms with Crippen LogP contribution in [0, 0.1) is 0 Å². The van der Waals surface area contributed by atoms with Crippen LogP contribution in [-0.2, 0) is 9.59 Å². The predicted octanol–water partition coefficient (Wildman–Crippen LogP) is 1.54. The third-order valence-corrected chi connectivity index (χ3v) is 3.46. The summed E-state index contributed by atoms with van der Waals surface area (Å²) in [6, 6.07) is 6.28. The lowest BCUT2D eigenvalue weighted by atomic mass is 10.2. The molecule has 2 amide bonds. The van der Waals surface area contributed by atoms with Gasteiger partial charge in [-0.15, -0.1) is 0 Å². The number of imide groups is 1. The highest BCUT2D eigenvalue weighted by atomic mass is 32.2. The van der Waals surface area contributed by atoms with E-state index in [-0.39, 0.29) is 30.2 Å². The van der Waals surface area contributed by atoms with Crippen LogP contribution in [0.4, 0.5) is 0 Å². The number of carboxylic acid groups (broad SMARTS) is 1. The average Bonchev–Trinajstić information content (AvgIpc) is 2.61. The summed E-state index contributed by atoms with van der Waals surface area (Å²) >= 11 is 0.876. The quantitative estimate of drug-likeness (QED) is 0.651. The van der Waals surface area contributed by atoms with Gasteiger partial charge in [0.25, 0.3) is 0 Å². The van der Waals surface area contributed by atoms with Crippen molar-refractivity contribution in [2.24, 2.45) is 0 Å². The summed E-state index contributed by atoms with van der Waals surface area (Å²) in [6.45, 7) is 0. The number of aromatic carboxylic acids is 1. The molecule has 6 heteroatoms. The highest BCUT2D eigenvalue weighted by Gasteiger charge is 2.30. The molecular weight excluding hydrogens is 242 g/mol. The Kier molecular flexibility index (Phi) is 3.14. The van der Waals surface area contributed by atoms with Crippen molar-refractivity contribution < 1.29 is 19.5 Å². The van der Waals surface area contributed by atoms with E-state index in [0.29, 0.717) is 4.90 Å². The molecule has 0 aliphatic carbocycles. The monoisotopic (exact) mass is 251 g/mol. The van der Waals surface area contributed by atoms with Gasteiger partial charge in [0.2, 0.25) is 11.8 Å². The number of carboxylic acids is 1. The zero-order chi connectivity index (χ0) is 12.4. The molecule has 1 aromatic carbocycles. The molecule has 0 unspecified atom stereocenters. The Morgan fingerprint density at radius 3 is 2.35 bits per heavy atom. The smallest absolute Gasteiger partial charge is 0.336 e. The van der Waals surface area contributed by atoms with Crippen LogP contribution < -0.4 is 0 Å². The molecule has 0 atom stereocenters. The molecule has 1 aliphatic rings. The molecule has 17 heavy (non-hydrogen) atoms. The summed E-state index contributed by atoms with van der Waals surface area (Å²) < 4.78 is 1.03. The Morgan fingerprint density at radius 1 is 1.18 bits per heavy atom. The Morgan fingerprint density at radius 2 is 1.76 bits per heavy atom. The van der Waals surface area contributed by atoms with Crippen molar-refractivity contribution in [2.75, 3.05) is 0 Å². The summed E-state index contributed by atoms with van der Waals surface area (Å²) in [6.07, 6.45) is 0.391. The summed E-state index contributed by atoms with van der Waals surface area (Å²) in [5.41, 5.74) is 0.0880. The molecule has 88 valence electrons. The fraction of sp³-hybridized carbons (Fsp3) is 0.182. The minimum atomic E-state index is -1.08. The number of benzene rings is 1. The van der Waals surface area contributed by atoms with Crippen LogP contribution in [-0.4, -0.2) is 27.2 Å². The maximum atomic E-state index is 11.4. The number of hydrogen-bond acceptors (Lipinski definition) is 4. The predicted molar refractivity (Wildman–Crippen MR) is 60.3 cm³/mol. The summed E-state index contributed by atoms with van der Waals surface area (Å²) in [7, 11) is 0. The maximum absolute atomic E-state index is 11.4. The second-order valence-electron chi connectivity index (χ2n) is 3.47. The van der Waals surface area contributed by atoms with Crippen LogP contribution in [0.3, 0.4) is 0 Å². The van der Waals surface area contributed by atoms with E-state index in [1.807, 2.05) is 0 Å². The molecule has 1 aliphatic heterocycles. The Bertz CT molecular complexity index is 484. The zero-order valence-electron chi connectivity index (χ0n) is 8.75. The second-order valence-corrected chi connectivity index (χ2v) is 4.46. The number of nitrogens with zero attached hydrogens (tertiary/aromatic N) is 1. The largest absolute Gasteiger partial charge is 0.478 e. The van der Waals surface area contributed by atoms with E-state index in [1.165, 1.54) is 6.07 Å². The molecule has 1 fully saturated rings. The summed E-state index contributed by atoms with van der Waals surface area (Å²) in [4.78, 5) is 34.2. The molecule has 1 aromatic rings. The Balaban J connectivity index is 2.27. The van der Waals surface area contributed by atoms with E-state index in [0.717, 1.165) is 16.3 Å². The lowest BCUT2D eigenvalue weighted by Crippen LogP contribution is -2.21. The first-order valence-electron chi connectivity index (χ1n) is 4.95. The standard InChI is InChI=1S/C11H9NO4S/c13-9-5-6-10(14)12(9)17-8-4-2-1-3-7(8)11(15)16/h1-4H,5-6H2,(H,15,16). The molecule has 1 N–H and O–H groups in total. The van der Waals surface area contributed by atoms with Crippen molar-refractivity contribution in [1.82, 2.24) is 4.31 Å². The van der Waals surface area contributed by atoms with Crippen LogP contribution in [0.5, 0.6) is 0 Å². The van der Waals surface area contributed by atoms with Crippen molar-refractivity contribution in [3.05, 3.63) is 29.8 Å². The van der Waals surface area contributed by atoms with E-state index >= 15 is 0 Å². The van der Waals surface area contributed by atoms with Gasteiger partial charge in [-0.05, 0) is 24.1 Å². The lowest BCUT2D eigenvalue weighted by Gasteiger charge is -2.13. The van der Waals surface area contributed by atoms with E-state index in [2.05, 4.69) is 0 Å². The van der Waals surface area contributed by atoms with Gasteiger partial charge in [0.1, 0.15) is 0 Å². The van der Waals surface area contributed by atoms with Crippen molar-refractivity contribution >= 4 is 29.7 Å². The Hall–Kier alpha value is -1.82. The topological polar surface area (TPSA) is 74.7 Å². The van der Waals surface area contributed by atoms with Crippen LogP contribution in [0.25, 0.3) is 0 Å². The fourth-order valence-corrected chi connectivity index (χ4v) is 2.46. The minimum Gasteiger partial charge on any atom is -0.478 e. The molecule has 0 aromatic heterocycles. The molecule has 0 bridgehead atoms. The van der Waals surface area contributed by atoms with Gasteiger partial charge >= 0.3 is 5.97 Å². The molecule has 2 rings (SSSR count).